The van der Waals surface area contributed by atoms with Crippen LogP contribution in [0, 0.1) is 0 Å². The van der Waals surface area contributed by atoms with Crippen LogP contribution in [0.2, 0.25) is 5.02 Å². The van der Waals surface area contributed by atoms with Crippen LogP contribution in [-0.4, -0.2) is 62.2 Å². The van der Waals surface area contributed by atoms with E-state index in [-0.39, 0.29) is 0 Å². The topological polar surface area (TPSA) is 27.7 Å². The molecular weight excluding hydrogens is 310 g/mol. The van der Waals surface area contributed by atoms with Crippen molar-refractivity contribution in [2.45, 2.75) is 25.8 Å². The van der Waals surface area contributed by atoms with E-state index < -0.39 is 0 Å². The number of hydrogen-bond donors (Lipinski definition) is 1. The van der Waals surface area contributed by atoms with Gasteiger partial charge in [0, 0.05) is 38.8 Å². The molecule has 0 aliphatic carbocycles. The average molecular weight is 338 g/mol. The number of piperazine rings is 1. The summed E-state index contributed by atoms with van der Waals surface area (Å²) in [5.74, 6) is 0.790. The highest BCUT2D eigenvalue weighted by atomic mass is 35.5. The molecule has 0 aromatic heterocycles. The molecule has 4 nitrogen and oxygen atoms in total. The minimum atomic E-state index is 0.420. The SMILES string of the molecule is CCOc1ccc(C(CN2CCCC2)N2CCNCC2)cc1Cl. The van der Waals surface area contributed by atoms with Gasteiger partial charge in [-0.15, -0.1) is 0 Å². The molecule has 1 N–H and O–H groups in total. The Kier molecular flexibility index (Phi) is 6.17. The second-order valence-corrected chi connectivity index (χ2v) is 6.84. The lowest BCUT2D eigenvalue weighted by molar-refractivity contribution is 0.135. The Bertz CT molecular complexity index is 499. The van der Waals surface area contributed by atoms with Gasteiger partial charge in [0.15, 0.2) is 0 Å². The van der Waals surface area contributed by atoms with E-state index in [0.717, 1.165) is 43.5 Å². The molecule has 2 aliphatic heterocycles. The fourth-order valence-electron chi connectivity index (χ4n) is 3.63. The number of likely N-dealkylation sites (tertiary alicyclic amines) is 1. The van der Waals surface area contributed by atoms with Gasteiger partial charge in [0.2, 0.25) is 0 Å². The van der Waals surface area contributed by atoms with E-state index in [1.165, 1.54) is 31.5 Å². The predicted octanol–water partition coefficient (Wildman–Crippen LogP) is 2.78. The zero-order chi connectivity index (χ0) is 16.1. The molecule has 2 fully saturated rings. The van der Waals surface area contributed by atoms with Crippen LogP contribution in [0.1, 0.15) is 31.4 Å². The van der Waals surface area contributed by atoms with E-state index in [0.29, 0.717) is 12.6 Å². The molecule has 0 bridgehead atoms. The van der Waals surface area contributed by atoms with Gasteiger partial charge in [-0.25, -0.2) is 0 Å². The fourth-order valence-corrected chi connectivity index (χ4v) is 3.88. The van der Waals surface area contributed by atoms with Gasteiger partial charge in [0.05, 0.1) is 11.6 Å². The molecule has 1 atom stereocenters. The third-order valence-electron chi connectivity index (χ3n) is 4.86. The molecule has 23 heavy (non-hydrogen) atoms. The lowest BCUT2D eigenvalue weighted by atomic mass is 10.0. The molecule has 0 saturated carbocycles. The lowest BCUT2D eigenvalue weighted by Crippen LogP contribution is -2.47. The third-order valence-corrected chi connectivity index (χ3v) is 5.16. The summed E-state index contributed by atoms with van der Waals surface area (Å²) in [6.07, 6.45) is 2.66. The van der Waals surface area contributed by atoms with Crippen molar-refractivity contribution >= 4 is 11.6 Å². The highest BCUT2D eigenvalue weighted by Crippen LogP contribution is 2.31. The lowest BCUT2D eigenvalue weighted by Gasteiger charge is -2.37. The van der Waals surface area contributed by atoms with Gasteiger partial charge in [0.1, 0.15) is 5.75 Å². The van der Waals surface area contributed by atoms with Crippen molar-refractivity contribution in [3.63, 3.8) is 0 Å². The van der Waals surface area contributed by atoms with Crippen LogP contribution < -0.4 is 10.1 Å². The number of ether oxygens (including phenoxy) is 1. The van der Waals surface area contributed by atoms with Crippen LogP contribution in [0.3, 0.4) is 0 Å². The molecule has 0 amide bonds. The van der Waals surface area contributed by atoms with Crippen LogP contribution in [0.4, 0.5) is 0 Å². The summed E-state index contributed by atoms with van der Waals surface area (Å²) in [7, 11) is 0. The van der Waals surface area contributed by atoms with Gasteiger partial charge in [-0.1, -0.05) is 17.7 Å². The van der Waals surface area contributed by atoms with Crippen LogP contribution >= 0.6 is 11.6 Å². The maximum absolute atomic E-state index is 6.44. The number of nitrogens with zero attached hydrogens (tertiary/aromatic N) is 2. The molecule has 2 aliphatic rings. The van der Waals surface area contributed by atoms with Crippen LogP contribution in [0.15, 0.2) is 18.2 Å². The Morgan fingerprint density at radius 1 is 1.17 bits per heavy atom. The normalized spacial score (nSPS) is 21.5. The zero-order valence-corrected chi connectivity index (χ0v) is 14.8. The minimum Gasteiger partial charge on any atom is -0.492 e. The molecule has 5 heteroatoms. The monoisotopic (exact) mass is 337 g/mol. The minimum absolute atomic E-state index is 0.420. The zero-order valence-electron chi connectivity index (χ0n) is 14.1. The molecule has 2 heterocycles. The first-order valence-corrected chi connectivity index (χ1v) is 9.25. The highest BCUT2D eigenvalue weighted by Gasteiger charge is 2.26. The Labute approximate surface area is 144 Å². The van der Waals surface area contributed by atoms with Crippen molar-refractivity contribution in [3.8, 4) is 5.75 Å². The van der Waals surface area contributed by atoms with Gasteiger partial charge in [0.25, 0.3) is 0 Å². The van der Waals surface area contributed by atoms with Crippen LogP contribution in [0.5, 0.6) is 5.75 Å². The summed E-state index contributed by atoms with van der Waals surface area (Å²) < 4.78 is 5.58. The Morgan fingerprint density at radius 3 is 2.57 bits per heavy atom. The van der Waals surface area contributed by atoms with Crippen molar-refractivity contribution < 1.29 is 4.74 Å². The maximum atomic E-state index is 6.44. The largest absolute Gasteiger partial charge is 0.492 e. The molecule has 0 spiro atoms. The second kappa shape index (κ2) is 8.34. The van der Waals surface area contributed by atoms with E-state index in [4.69, 9.17) is 16.3 Å². The molecule has 3 rings (SSSR count). The number of halogens is 1. The first kappa shape index (κ1) is 17.0. The number of benzene rings is 1. The number of rotatable bonds is 6. The van der Waals surface area contributed by atoms with Gasteiger partial charge >= 0.3 is 0 Å². The van der Waals surface area contributed by atoms with Gasteiger partial charge in [-0.3, -0.25) is 4.90 Å². The predicted molar refractivity (Wildman–Crippen MR) is 95.5 cm³/mol. The number of nitrogens with one attached hydrogen (secondary N) is 1. The summed E-state index contributed by atoms with van der Waals surface area (Å²) in [5, 5.41) is 4.18. The van der Waals surface area contributed by atoms with E-state index in [2.05, 4.69) is 27.2 Å². The summed E-state index contributed by atoms with van der Waals surface area (Å²) in [6, 6.07) is 6.75. The van der Waals surface area contributed by atoms with E-state index in [1.54, 1.807) is 0 Å². The summed E-state index contributed by atoms with van der Waals surface area (Å²) in [4.78, 5) is 5.19. The summed E-state index contributed by atoms with van der Waals surface area (Å²) in [5.41, 5.74) is 1.31. The number of hydrogen-bond acceptors (Lipinski definition) is 4. The van der Waals surface area contributed by atoms with E-state index in [9.17, 15) is 0 Å². The van der Waals surface area contributed by atoms with Crippen LogP contribution in [-0.2, 0) is 0 Å². The third kappa shape index (κ3) is 4.38. The molecule has 2 saturated heterocycles. The van der Waals surface area contributed by atoms with Gasteiger partial charge < -0.3 is 15.0 Å². The second-order valence-electron chi connectivity index (χ2n) is 6.43. The van der Waals surface area contributed by atoms with Crippen molar-refractivity contribution in [2.75, 3.05) is 52.4 Å². The fraction of sp³-hybridized carbons (Fsp3) is 0.667. The quantitative estimate of drug-likeness (QED) is 0.864. The Balaban J connectivity index is 1.79. The molecule has 1 aromatic carbocycles. The first-order chi connectivity index (χ1) is 11.3. The summed E-state index contributed by atoms with van der Waals surface area (Å²) >= 11 is 6.44. The molecule has 0 radical (unpaired) electrons. The molecule has 1 aromatic rings. The Morgan fingerprint density at radius 2 is 1.91 bits per heavy atom. The van der Waals surface area contributed by atoms with E-state index >= 15 is 0 Å². The maximum Gasteiger partial charge on any atom is 0.137 e. The summed E-state index contributed by atoms with van der Waals surface area (Å²) in [6.45, 7) is 10.5. The Hall–Kier alpha value is -0.810. The molecule has 128 valence electrons. The van der Waals surface area contributed by atoms with Crippen molar-refractivity contribution in [2.24, 2.45) is 0 Å². The molecule has 1 unspecified atom stereocenters. The first-order valence-electron chi connectivity index (χ1n) is 8.87. The van der Waals surface area contributed by atoms with Crippen LogP contribution in [0.25, 0.3) is 0 Å². The highest BCUT2D eigenvalue weighted by molar-refractivity contribution is 6.32. The molecular formula is C18H28ClN3O. The smallest absolute Gasteiger partial charge is 0.137 e. The van der Waals surface area contributed by atoms with E-state index in [1.807, 2.05) is 13.0 Å². The van der Waals surface area contributed by atoms with Gasteiger partial charge in [-0.2, -0.15) is 0 Å². The van der Waals surface area contributed by atoms with Gasteiger partial charge in [-0.05, 0) is 50.6 Å². The van der Waals surface area contributed by atoms with Crippen molar-refractivity contribution in [3.05, 3.63) is 28.8 Å². The average Bonchev–Trinajstić information content (AvgIpc) is 3.09. The van der Waals surface area contributed by atoms with Crippen molar-refractivity contribution in [1.29, 1.82) is 0 Å². The standard InChI is InChI=1S/C18H28ClN3O/c1-2-23-18-6-5-15(13-16(18)19)17(14-21-9-3-4-10-21)22-11-7-20-8-12-22/h5-6,13,17,20H,2-4,7-12,14H2,1H3. The van der Waals surface area contributed by atoms with Crippen molar-refractivity contribution in [1.82, 2.24) is 15.1 Å².